The molecule has 0 amide bonds. The molecule has 1 atom stereocenters. The summed E-state index contributed by atoms with van der Waals surface area (Å²) in [5.41, 5.74) is 0. The Kier molecular flexibility index (Phi) is 7.88. The maximum atomic E-state index is 10.2. The van der Waals surface area contributed by atoms with Gasteiger partial charge in [0.15, 0.2) is 0 Å². The lowest BCUT2D eigenvalue weighted by Crippen LogP contribution is -2.31. The van der Waals surface area contributed by atoms with Gasteiger partial charge in [0.2, 0.25) is 0 Å². The quantitative estimate of drug-likeness (QED) is 0.340. The Labute approximate surface area is 90.2 Å². The van der Waals surface area contributed by atoms with Crippen molar-refractivity contribution in [1.29, 1.82) is 0 Å². The largest absolute Gasteiger partial charge is 0.481 e. The van der Waals surface area contributed by atoms with Crippen LogP contribution in [-0.4, -0.2) is 55.4 Å². The van der Waals surface area contributed by atoms with Crippen molar-refractivity contribution in [3.63, 3.8) is 0 Å². The molecule has 0 saturated carbocycles. The van der Waals surface area contributed by atoms with Crippen molar-refractivity contribution in [2.45, 2.75) is 25.4 Å². The fourth-order valence-corrected chi connectivity index (χ4v) is 0.931. The summed E-state index contributed by atoms with van der Waals surface area (Å²) in [6, 6.07) is 0. The van der Waals surface area contributed by atoms with Crippen LogP contribution in [0.2, 0.25) is 0 Å². The molecule has 0 aliphatic rings. The molecule has 5 N–H and O–H groups in total. The number of carboxylic acids is 1. The molecule has 0 aliphatic heterocycles. The van der Waals surface area contributed by atoms with E-state index < -0.39 is 29.5 Å². The van der Waals surface area contributed by atoms with Crippen molar-refractivity contribution in [3.05, 3.63) is 0 Å². The van der Waals surface area contributed by atoms with Crippen molar-refractivity contribution in [3.8, 4) is 0 Å². The molecule has 0 aliphatic carbocycles. The highest BCUT2D eigenvalue weighted by Gasteiger charge is 2.15. The van der Waals surface area contributed by atoms with Crippen LogP contribution in [0.25, 0.3) is 0 Å². The van der Waals surface area contributed by atoms with E-state index in [1.165, 1.54) is 0 Å². The van der Waals surface area contributed by atoms with E-state index in [1.54, 1.807) is 0 Å². The predicted molar refractivity (Wildman–Crippen MR) is 43.1 cm³/mol. The van der Waals surface area contributed by atoms with Crippen molar-refractivity contribution in [2.24, 2.45) is 0 Å². The van der Waals surface area contributed by atoms with E-state index in [1.807, 2.05) is 0 Å². The lowest BCUT2D eigenvalue weighted by molar-refractivity contribution is -0.527. The fraction of sp³-hybridized carbons (Fsp3) is 0.833. The number of rotatable bonds is 9. The Morgan fingerprint density at radius 2 is 1.81 bits per heavy atom. The van der Waals surface area contributed by atoms with Crippen LogP contribution in [0.3, 0.4) is 0 Å². The molecule has 0 unspecified atom stereocenters. The predicted octanol–water partition coefficient (Wildman–Crippen LogP) is -0.366. The van der Waals surface area contributed by atoms with Crippen LogP contribution in [0, 0.1) is 0 Å². The Morgan fingerprint density at radius 1 is 1.19 bits per heavy atom. The molecule has 0 aromatic rings. The highest BCUT2D eigenvalue weighted by molar-refractivity contribution is 5.66. The molecule has 10 heteroatoms. The summed E-state index contributed by atoms with van der Waals surface area (Å²) in [5.74, 6) is -1.00. The van der Waals surface area contributed by atoms with Gasteiger partial charge in [-0.25, -0.2) is 9.68 Å². The first kappa shape index (κ1) is 15.2. The van der Waals surface area contributed by atoms with Crippen LogP contribution in [-0.2, 0) is 14.5 Å². The van der Waals surface area contributed by atoms with Gasteiger partial charge in [0, 0.05) is 6.42 Å². The first-order valence-electron chi connectivity index (χ1n) is 4.29. The molecular formula is C6H14N2O8. The van der Waals surface area contributed by atoms with Gasteiger partial charge < -0.3 is 5.11 Å². The zero-order valence-electron chi connectivity index (χ0n) is 8.26. The molecule has 0 rings (SSSR count). The highest BCUT2D eigenvalue weighted by atomic mass is 17.1. The normalized spacial score (nSPS) is 13.4. The minimum Gasteiger partial charge on any atom is -0.481 e. The van der Waals surface area contributed by atoms with E-state index in [0.29, 0.717) is 0 Å². The second-order valence-electron chi connectivity index (χ2n) is 2.81. The maximum absolute atomic E-state index is 10.2. The summed E-state index contributed by atoms with van der Waals surface area (Å²) >= 11 is 0. The van der Waals surface area contributed by atoms with E-state index in [0.717, 1.165) is 0 Å². The Balaban J connectivity index is 3.85. The van der Waals surface area contributed by atoms with E-state index in [2.05, 4.69) is 9.68 Å². The summed E-state index contributed by atoms with van der Waals surface area (Å²) in [6.45, 7) is -0.399. The van der Waals surface area contributed by atoms with Crippen LogP contribution in [0.5, 0.6) is 0 Å². The zero-order valence-corrected chi connectivity index (χ0v) is 8.26. The van der Waals surface area contributed by atoms with E-state index >= 15 is 0 Å². The van der Waals surface area contributed by atoms with Gasteiger partial charge >= 0.3 is 5.97 Å². The molecule has 0 bridgehead atoms. The highest BCUT2D eigenvalue weighted by Crippen LogP contribution is 2.07. The summed E-state index contributed by atoms with van der Waals surface area (Å²) in [4.78, 5) is 18.7. The number of hydrogen-bond acceptors (Lipinski definition) is 9. The molecule has 96 valence electrons. The molecule has 16 heavy (non-hydrogen) atoms. The molecule has 0 spiro atoms. The third-order valence-electron chi connectivity index (χ3n) is 1.54. The van der Waals surface area contributed by atoms with Crippen LogP contribution < -0.4 is 0 Å². The van der Waals surface area contributed by atoms with Gasteiger partial charge in [0.25, 0.3) is 0 Å². The number of hydrogen-bond donors (Lipinski definition) is 5. The van der Waals surface area contributed by atoms with E-state index in [4.69, 9.17) is 25.9 Å². The monoisotopic (exact) mass is 242 g/mol. The smallest absolute Gasteiger partial charge is 0.303 e. The summed E-state index contributed by atoms with van der Waals surface area (Å²) in [6.07, 6.45) is -0.735. The molecular weight excluding hydrogens is 228 g/mol. The van der Waals surface area contributed by atoms with Crippen molar-refractivity contribution >= 4 is 5.97 Å². The summed E-state index contributed by atoms with van der Waals surface area (Å²) < 4.78 is 0. The second-order valence-corrected chi connectivity index (χ2v) is 2.81. The maximum Gasteiger partial charge on any atom is 0.303 e. The van der Waals surface area contributed by atoms with Gasteiger partial charge in [0.1, 0.15) is 12.7 Å². The number of aliphatic carboxylic acids is 1. The molecule has 0 radical (unpaired) electrons. The average molecular weight is 242 g/mol. The molecule has 0 heterocycles. The first-order chi connectivity index (χ1) is 7.41. The minimum absolute atomic E-state index is 0.123. The van der Waals surface area contributed by atoms with Crippen molar-refractivity contribution < 1.29 is 40.4 Å². The lowest BCUT2D eigenvalue weighted by Gasteiger charge is -2.18. The van der Waals surface area contributed by atoms with Gasteiger partial charge in [0.05, 0.1) is 10.8 Å². The van der Waals surface area contributed by atoms with E-state index in [9.17, 15) is 4.79 Å². The molecule has 10 nitrogen and oxygen atoms in total. The second kappa shape index (κ2) is 8.32. The molecule has 0 fully saturated rings. The van der Waals surface area contributed by atoms with Gasteiger partial charge in [-0.1, -0.05) is 0 Å². The minimum atomic E-state index is -1.00. The van der Waals surface area contributed by atoms with Gasteiger partial charge in [-0.3, -0.25) is 25.6 Å². The van der Waals surface area contributed by atoms with Crippen molar-refractivity contribution in [2.75, 3.05) is 6.61 Å². The van der Waals surface area contributed by atoms with E-state index in [-0.39, 0.29) is 19.3 Å². The third kappa shape index (κ3) is 9.70. The van der Waals surface area contributed by atoms with Gasteiger partial charge in [-0.05, 0) is 12.8 Å². The summed E-state index contributed by atoms with van der Waals surface area (Å²) in [5, 5.41) is 40.4. The lowest BCUT2D eigenvalue weighted by atomic mass is 10.1. The van der Waals surface area contributed by atoms with Crippen LogP contribution >= 0.6 is 0 Å². The first-order valence-corrected chi connectivity index (χ1v) is 4.29. The standard InChI is InChI=1S/C6H14N2O8/c9-6(10)3-1-2-5(16-8(13)14)4-15-7(11)12/h5,11-14H,1-4H2,(H,9,10)/t5-/m0/s1. The zero-order chi connectivity index (χ0) is 12.6. The third-order valence-corrected chi connectivity index (χ3v) is 1.54. The Bertz CT molecular complexity index is 199. The SMILES string of the molecule is O=C(O)CCC[C@@H](CON(O)O)ON(O)O. The number of carbonyl (C=O) groups is 1. The topological polar surface area (TPSA) is 143 Å². The van der Waals surface area contributed by atoms with Crippen LogP contribution in [0.1, 0.15) is 19.3 Å². The summed E-state index contributed by atoms with van der Waals surface area (Å²) in [7, 11) is 0. The van der Waals surface area contributed by atoms with Crippen molar-refractivity contribution in [1.82, 2.24) is 10.8 Å². The Hall–Kier alpha value is -0.850. The number of carboxylic acid groups (broad SMARTS) is 1. The molecule has 0 saturated heterocycles. The Morgan fingerprint density at radius 3 is 2.25 bits per heavy atom. The van der Waals surface area contributed by atoms with Crippen LogP contribution in [0.4, 0.5) is 0 Å². The number of nitrogens with zero attached hydrogens (tertiary/aromatic N) is 2. The van der Waals surface area contributed by atoms with Gasteiger partial charge in [-0.2, -0.15) is 0 Å². The molecule has 0 aromatic heterocycles. The molecule has 0 aromatic carbocycles. The van der Waals surface area contributed by atoms with Gasteiger partial charge in [-0.15, -0.1) is 0 Å². The van der Waals surface area contributed by atoms with Crippen LogP contribution in [0.15, 0.2) is 0 Å². The fourth-order valence-electron chi connectivity index (χ4n) is 0.931. The average Bonchev–Trinajstić information content (AvgIpc) is 2.12.